The van der Waals surface area contributed by atoms with Crippen LogP contribution in [0.3, 0.4) is 0 Å². The van der Waals surface area contributed by atoms with Crippen LogP contribution in [0.1, 0.15) is 12.5 Å². The molecule has 1 heterocycles. The van der Waals surface area contributed by atoms with Gasteiger partial charge in [-0.2, -0.15) is 9.90 Å². The zero-order valence-electron chi connectivity index (χ0n) is 11.0. The molecule has 0 aliphatic rings. The molecule has 0 aliphatic heterocycles. The average Bonchev–Trinajstić information content (AvgIpc) is 2.86. The second-order valence-electron chi connectivity index (χ2n) is 4.39. The van der Waals surface area contributed by atoms with E-state index in [9.17, 15) is 8.42 Å². The maximum atomic E-state index is 11.1. The summed E-state index contributed by atoms with van der Waals surface area (Å²) in [5.41, 5.74) is 1.07. The van der Waals surface area contributed by atoms with E-state index in [1.165, 1.54) is 4.80 Å². The fourth-order valence-electron chi connectivity index (χ4n) is 1.60. The smallest absolute Gasteiger partial charge is 0.259 e. The third-order valence-corrected chi connectivity index (χ3v) is 3.37. The summed E-state index contributed by atoms with van der Waals surface area (Å²) in [4.78, 5) is 1.26. The minimum atomic E-state index is -3.81. The van der Waals surface area contributed by atoms with Gasteiger partial charge in [-0.15, -0.1) is 5.10 Å². The molecule has 108 valence electrons. The third kappa shape index (κ3) is 4.12. The largest absolute Gasteiger partial charge is 0.372 e. The summed E-state index contributed by atoms with van der Waals surface area (Å²) in [6.07, 6.45) is 0.968. The molecular weight excluding hydrogens is 280 g/mol. The summed E-state index contributed by atoms with van der Waals surface area (Å²) in [7, 11) is -3.81. The summed E-state index contributed by atoms with van der Waals surface area (Å²) in [5.74, 6) is 0. The van der Waals surface area contributed by atoms with E-state index in [1.54, 1.807) is 0 Å². The SMILES string of the molecule is CC(Cn1ncc(S(N)(=O)=O)n1)OCc1ccccc1. The Labute approximate surface area is 117 Å². The number of benzene rings is 1. The molecule has 0 amide bonds. The summed E-state index contributed by atoms with van der Waals surface area (Å²) in [6.45, 7) is 2.69. The summed E-state index contributed by atoms with van der Waals surface area (Å²) >= 11 is 0. The molecule has 0 spiro atoms. The maximum absolute atomic E-state index is 11.1. The molecular formula is C12H16N4O3S. The van der Waals surface area contributed by atoms with Gasteiger partial charge in [0.1, 0.15) is 0 Å². The van der Waals surface area contributed by atoms with Crippen LogP contribution in [0.2, 0.25) is 0 Å². The van der Waals surface area contributed by atoms with Gasteiger partial charge in [0.15, 0.2) is 0 Å². The minimum absolute atomic E-state index is 0.157. The molecule has 20 heavy (non-hydrogen) atoms. The molecule has 8 heteroatoms. The lowest BCUT2D eigenvalue weighted by molar-refractivity contribution is 0.0366. The molecule has 0 saturated heterocycles. The zero-order valence-corrected chi connectivity index (χ0v) is 11.8. The van der Waals surface area contributed by atoms with E-state index in [0.717, 1.165) is 11.8 Å². The van der Waals surface area contributed by atoms with Crippen LogP contribution in [-0.2, 0) is 27.9 Å². The van der Waals surface area contributed by atoms with Crippen LogP contribution in [0.25, 0.3) is 0 Å². The Kier molecular flexibility index (Phi) is 4.48. The van der Waals surface area contributed by atoms with Crippen molar-refractivity contribution in [3.63, 3.8) is 0 Å². The van der Waals surface area contributed by atoms with Crippen molar-refractivity contribution < 1.29 is 13.2 Å². The van der Waals surface area contributed by atoms with Crippen molar-refractivity contribution in [2.75, 3.05) is 0 Å². The molecule has 7 nitrogen and oxygen atoms in total. The number of aromatic nitrogens is 3. The van der Waals surface area contributed by atoms with Crippen LogP contribution >= 0.6 is 0 Å². The maximum Gasteiger partial charge on any atom is 0.259 e. The second-order valence-corrected chi connectivity index (χ2v) is 5.90. The summed E-state index contributed by atoms with van der Waals surface area (Å²) < 4.78 is 27.8. The molecule has 1 atom stereocenters. The molecule has 1 unspecified atom stereocenters. The van der Waals surface area contributed by atoms with E-state index in [4.69, 9.17) is 9.88 Å². The van der Waals surface area contributed by atoms with Gasteiger partial charge in [0.05, 0.1) is 25.5 Å². The molecule has 1 aromatic heterocycles. The second kappa shape index (κ2) is 6.12. The summed E-state index contributed by atoms with van der Waals surface area (Å²) in [5, 5.41) is 12.4. The van der Waals surface area contributed by atoms with Crippen molar-refractivity contribution >= 4 is 10.0 Å². The van der Waals surface area contributed by atoms with Crippen molar-refractivity contribution in [3.8, 4) is 0 Å². The van der Waals surface area contributed by atoms with Crippen molar-refractivity contribution in [2.45, 2.75) is 31.2 Å². The number of nitrogens with zero attached hydrogens (tertiary/aromatic N) is 3. The van der Waals surface area contributed by atoms with E-state index in [2.05, 4.69) is 10.2 Å². The first-order valence-electron chi connectivity index (χ1n) is 6.03. The fraction of sp³-hybridized carbons (Fsp3) is 0.333. The molecule has 1 aromatic carbocycles. The normalized spacial score (nSPS) is 13.3. The molecule has 2 N–H and O–H groups in total. The minimum Gasteiger partial charge on any atom is -0.372 e. The van der Waals surface area contributed by atoms with Crippen LogP contribution in [0.4, 0.5) is 0 Å². The first-order valence-corrected chi connectivity index (χ1v) is 7.58. The molecule has 0 bridgehead atoms. The van der Waals surface area contributed by atoms with Crippen molar-refractivity contribution in [1.29, 1.82) is 0 Å². The zero-order chi connectivity index (χ0) is 14.6. The molecule has 0 aliphatic carbocycles. The first kappa shape index (κ1) is 14.6. The highest BCUT2D eigenvalue weighted by Gasteiger charge is 2.14. The van der Waals surface area contributed by atoms with Gasteiger partial charge < -0.3 is 4.74 Å². The van der Waals surface area contributed by atoms with Crippen molar-refractivity contribution in [2.24, 2.45) is 5.14 Å². The van der Waals surface area contributed by atoms with E-state index in [1.807, 2.05) is 37.3 Å². The Morgan fingerprint density at radius 3 is 2.65 bits per heavy atom. The van der Waals surface area contributed by atoms with Gasteiger partial charge in [-0.25, -0.2) is 13.6 Å². The van der Waals surface area contributed by atoms with Gasteiger partial charge in [0, 0.05) is 0 Å². The van der Waals surface area contributed by atoms with Gasteiger partial charge in [0.25, 0.3) is 10.0 Å². The van der Waals surface area contributed by atoms with Gasteiger partial charge in [-0.05, 0) is 12.5 Å². The lowest BCUT2D eigenvalue weighted by Gasteiger charge is -2.12. The van der Waals surface area contributed by atoms with Crippen LogP contribution in [0, 0.1) is 0 Å². The van der Waals surface area contributed by atoms with Crippen molar-refractivity contribution in [3.05, 3.63) is 42.1 Å². The van der Waals surface area contributed by atoms with Gasteiger partial charge >= 0.3 is 0 Å². The van der Waals surface area contributed by atoms with Crippen LogP contribution < -0.4 is 5.14 Å². The fourth-order valence-corrected chi connectivity index (χ4v) is 2.00. The Balaban J connectivity index is 1.88. The van der Waals surface area contributed by atoms with Gasteiger partial charge in [0.2, 0.25) is 5.03 Å². The molecule has 0 radical (unpaired) electrons. The third-order valence-electron chi connectivity index (χ3n) is 2.60. The van der Waals surface area contributed by atoms with Crippen LogP contribution in [0.5, 0.6) is 0 Å². The topological polar surface area (TPSA) is 100 Å². The van der Waals surface area contributed by atoms with E-state index >= 15 is 0 Å². The Morgan fingerprint density at radius 2 is 2.05 bits per heavy atom. The highest BCUT2D eigenvalue weighted by molar-refractivity contribution is 7.89. The highest BCUT2D eigenvalue weighted by Crippen LogP contribution is 2.05. The number of sulfonamides is 1. The molecule has 2 rings (SSSR count). The predicted octanol–water partition coefficient (Wildman–Crippen LogP) is 0.531. The quantitative estimate of drug-likeness (QED) is 0.838. The standard InChI is InChI=1S/C12H16N4O3S/c1-10(19-9-11-5-3-2-4-6-11)8-16-14-7-12(15-16)20(13,17)18/h2-7,10H,8-9H2,1H3,(H2,13,17,18). The summed E-state index contributed by atoms with van der Waals surface area (Å²) in [6, 6.07) is 9.76. The Morgan fingerprint density at radius 1 is 1.35 bits per heavy atom. The number of nitrogens with two attached hydrogens (primary N) is 1. The number of primary sulfonamides is 1. The number of hydrogen-bond acceptors (Lipinski definition) is 5. The van der Waals surface area contributed by atoms with E-state index in [-0.39, 0.29) is 11.1 Å². The van der Waals surface area contributed by atoms with Crippen LogP contribution in [0.15, 0.2) is 41.6 Å². The van der Waals surface area contributed by atoms with E-state index in [0.29, 0.717) is 13.2 Å². The lowest BCUT2D eigenvalue weighted by Crippen LogP contribution is -2.19. The van der Waals surface area contributed by atoms with Crippen molar-refractivity contribution in [1.82, 2.24) is 15.0 Å². The predicted molar refractivity (Wildman–Crippen MR) is 72.1 cm³/mol. The number of hydrogen-bond donors (Lipinski definition) is 1. The average molecular weight is 296 g/mol. The van der Waals surface area contributed by atoms with Gasteiger partial charge in [-0.1, -0.05) is 30.3 Å². The monoisotopic (exact) mass is 296 g/mol. The molecule has 0 fully saturated rings. The lowest BCUT2D eigenvalue weighted by atomic mass is 10.2. The Hall–Kier alpha value is -1.77. The number of rotatable bonds is 6. The Bertz CT molecular complexity index is 654. The highest BCUT2D eigenvalue weighted by atomic mass is 32.2. The molecule has 0 saturated carbocycles. The van der Waals surface area contributed by atoms with Gasteiger partial charge in [-0.3, -0.25) is 0 Å². The van der Waals surface area contributed by atoms with Crippen LogP contribution in [-0.4, -0.2) is 29.5 Å². The number of ether oxygens (including phenoxy) is 1. The van der Waals surface area contributed by atoms with E-state index < -0.39 is 10.0 Å². The first-order chi connectivity index (χ1) is 9.45. The molecule has 2 aromatic rings.